The number of pyridine rings is 1. The molecular formula is C14H16N2O3. The van der Waals surface area contributed by atoms with Crippen LogP contribution in [0.2, 0.25) is 0 Å². The molecule has 0 radical (unpaired) electrons. The molecule has 2 aromatic heterocycles. The van der Waals surface area contributed by atoms with Crippen molar-refractivity contribution in [1.82, 2.24) is 10.3 Å². The van der Waals surface area contributed by atoms with E-state index >= 15 is 0 Å². The zero-order valence-electron chi connectivity index (χ0n) is 10.7. The van der Waals surface area contributed by atoms with Crippen molar-refractivity contribution < 1.29 is 14.3 Å². The van der Waals surface area contributed by atoms with Gasteiger partial charge in [-0.25, -0.2) is 4.79 Å². The Morgan fingerprint density at radius 2 is 2.32 bits per heavy atom. The lowest BCUT2D eigenvalue weighted by atomic mass is 10.2. The summed E-state index contributed by atoms with van der Waals surface area (Å²) in [5.74, 6) is 0.117. The number of nitrogens with one attached hydrogen (secondary N) is 1. The summed E-state index contributed by atoms with van der Waals surface area (Å²) in [5.41, 5.74) is 1.25. The van der Waals surface area contributed by atoms with Gasteiger partial charge in [-0.3, -0.25) is 4.98 Å². The minimum atomic E-state index is -0.957. The molecule has 0 saturated heterocycles. The molecule has 100 valence electrons. The molecule has 0 aliphatic rings. The highest BCUT2D eigenvalue weighted by Gasteiger charge is 2.12. The first-order chi connectivity index (χ1) is 9.16. The van der Waals surface area contributed by atoms with Gasteiger partial charge >= 0.3 is 5.97 Å². The molecule has 0 fully saturated rings. The number of aromatic nitrogens is 1. The van der Waals surface area contributed by atoms with Crippen molar-refractivity contribution in [2.45, 2.75) is 19.9 Å². The summed E-state index contributed by atoms with van der Waals surface area (Å²) in [6.07, 6.45) is 2.59. The quantitative estimate of drug-likeness (QED) is 0.777. The topological polar surface area (TPSA) is 75.4 Å². The Morgan fingerprint density at radius 1 is 1.47 bits per heavy atom. The van der Waals surface area contributed by atoms with E-state index < -0.39 is 5.97 Å². The standard InChI is InChI=1S/C14H16N2O3/c1-10-13(14(17)18)8-12(19-10)9-15-7-5-11-4-2-3-6-16-11/h2-4,6,8,15H,5,7,9H2,1H3,(H,17,18). The molecule has 0 saturated carbocycles. The number of hydrogen-bond acceptors (Lipinski definition) is 4. The first-order valence-electron chi connectivity index (χ1n) is 6.10. The highest BCUT2D eigenvalue weighted by atomic mass is 16.4. The molecule has 5 heteroatoms. The number of carbonyl (C=O) groups is 1. The molecule has 2 aromatic rings. The Morgan fingerprint density at radius 3 is 2.95 bits per heavy atom. The van der Waals surface area contributed by atoms with Crippen LogP contribution in [0.15, 0.2) is 34.9 Å². The fraction of sp³-hybridized carbons (Fsp3) is 0.286. The third-order valence-electron chi connectivity index (χ3n) is 2.78. The van der Waals surface area contributed by atoms with Gasteiger partial charge < -0.3 is 14.8 Å². The molecular weight excluding hydrogens is 244 g/mol. The van der Waals surface area contributed by atoms with Gasteiger partial charge in [0.15, 0.2) is 0 Å². The summed E-state index contributed by atoms with van der Waals surface area (Å²) >= 11 is 0. The summed E-state index contributed by atoms with van der Waals surface area (Å²) in [7, 11) is 0. The minimum absolute atomic E-state index is 0.224. The zero-order chi connectivity index (χ0) is 13.7. The van der Waals surface area contributed by atoms with Gasteiger partial charge in [-0.2, -0.15) is 0 Å². The highest BCUT2D eigenvalue weighted by molar-refractivity contribution is 5.88. The summed E-state index contributed by atoms with van der Waals surface area (Å²) < 4.78 is 5.37. The third-order valence-corrected chi connectivity index (χ3v) is 2.78. The molecule has 5 nitrogen and oxygen atoms in total. The smallest absolute Gasteiger partial charge is 0.339 e. The van der Waals surface area contributed by atoms with Crippen LogP contribution in [0.1, 0.15) is 27.6 Å². The second-order valence-electron chi connectivity index (χ2n) is 4.24. The van der Waals surface area contributed by atoms with E-state index in [0.29, 0.717) is 18.1 Å². The molecule has 0 aromatic carbocycles. The van der Waals surface area contributed by atoms with E-state index in [0.717, 1.165) is 18.7 Å². The van der Waals surface area contributed by atoms with Gasteiger partial charge in [0.2, 0.25) is 0 Å². The van der Waals surface area contributed by atoms with Crippen LogP contribution >= 0.6 is 0 Å². The van der Waals surface area contributed by atoms with Crippen LogP contribution in [0.25, 0.3) is 0 Å². The highest BCUT2D eigenvalue weighted by Crippen LogP contribution is 2.14. The molecule has 0 atom stereocenters. The summed E-state index contributed by atoms with van der Waals surface area (Å²) in [4.78, 5) is 15.1. The maximum absolute atomic E-state index is 10.9. The predicted octanol–water partition coefficient (Wildman–Crippen LogP) is 2.01. The molecule has 19 heavy (non-hydrogen) atoms. The molecule has 0 aliphatic carbocycles. The largest absolute Gasteiger partial charge is 0.478 e. The van der Waals surface area contributed by atoms with E-state index in [1.807, 2.05) is 18.2 Å². The number of carboxylic acid groups (broad SMARTS) is 1. The predicted molar refractivity (Wildman–Crippen MR) is 70.1 cm³/mol. The van der Waals surface area contributed by atoms with Gasteiger partial charge in [0.05, 0.1) is 6.54 Å². The zero-order valence-corrected chi connectivity index (χ0v) is 10.7. The monoisotopic (exact) mass is 260 g/mol. The van der Waals surface area contributed by atoms with Gasteiger partial charge in [0.25, 0.3) is 0 Å². The molecule has 0 spiro atoms. The molecule has 2 N–H and O–H groups in total. The average molecular weight is 260 g/mol. The molecule has 0 amide bonds. The second kappa shape index (κ2) is 6.15. The molecule has 0 bridgehead atoms. The molecule has 0 unspecified atom stereocenters. The van der Waals surface area contributed by atoms with E-state index in [4.69, 9.17) is 9.52 Å². The minimum Gasteiger partial charge on any atom is -0.478 e. The number of furan rings is 1. The number of aryl methyl sites for hydroxylation is 1. The number of rotatable bonds is 6. The van der Waals surface area contributed by atoms with E-state index in [9.17, 15) is 4.79 Å². The Hall–Kier alpha value is -2.14. The Kier molecular flexibility index (Phi) is 4.30. The Balaban J connectivity index is 1.80. The fourth-order valence-electron chi connectivity index (χ4n) is 1.82. The van der Waals surface area contributed by atoms with Gasteiger partial charge in [-0.05, 0) is 25.1 Å². The Labute approximate surface area is 111 Å². The summed E-state index contributed by atoms with van der Waals surface area (Å²) in [6, 6.07) is 7.38. The van der Waals surface area contributed by atoms with Crippen LogP contribution < -0.4 is 5.32 Å². The first kappa shape index (κ1) is 13.3. The van der Waals surface area contributed by atoms with Gasteiger partial charge in [0, 0.05) is 24.9 Å². The maximum Gasteiger partial charge on any atom is 0.339 e. The van der Waals surface area contributed by atoms with E-state index in [1.54, 1.807) is 19.2 Å². The van der Waals surface area contributed by atoms with Crippen LogP contribution in [-0.2, 0) is 13.0 Å². The third kappa shape index (κ3) is 3.66. The van der Waals surface area contributed by atoms with E-state index in [2.05, 4.69) is 10.3 Å². The fourth-order valence-corrected chi connectivity index (χ4v) is 1.82. The summed E-state index contributed by atoms with van der Waals surface area (Å²) in [5, 5.41) is 12.1. The average Bonchev–Trinajstić information content (AvgIpc) is 2.77. The van der Waals surface area contributed by atoms with Crippen LogP contribution in [0, 0.1) is 6.92 Å². The Bertz CT molecular complexity index is 549. The lowest BCUT2D eigenvalue weighted by molar-refractivity contribution is 0.0695. The van der Waals surface area contributed by atoms with Crippen LogP contribution in [0.3, 0.4) is 0 Å². The normalized spacial score (nSPS) is 10.6. The van der Waals surface area contributed by atoms with Crippen molar-refractivity contribution in [3.05, 3.63) is 53.2 Å². The van der Waals surface area contributed by atoms with Gasteiger partial charge in [-0.1, -0.05) is 6.07 Å². The number of hydrogen-bond donors (Lipinski definition) is 2. The van der Waals surface area contributed by atoms with Crippen molar-refractivity contribution in [3.8, 4) is 0 Å². The lowest BCUT2D eigenvalue weighted by Gasteiger charge is -2.02. The van der Waals surface area contributed by atoms with Gasteiger partial charge in [-0.15, -0.1) is 0 Å². The lowest BCUT2D eigenvalue weighted by Crippen LogP contribution is -2.16. The molecule has 2 heterocycles. The van der Waals surface area contributed by atoms with Gasteiger partial charge in [0.1, 0.15) is 17.1 Å². The SMILES string of the molecule is Cc1oc(CNCCc2ccccn2)cc1C(=O)O. The maximum atomic E-state index is 10.9. The van der Waals surface area contributed by atoms with Crippen molar-refractivity contribution in [2.24, 2.45) is 0 Å². The van der Waals surface area contributed by atoms with Crippen LogP contribution in [0.4, 0.5) is 0 Å². The molecule has 2 rings (SSSR count). The van der Waals surface area contributed by atoms with E-state index in [1.165, 1.54) is 0 Å². The number of carboxylic acids is 1. The van der Waals surface area contributed by atoms with E-state index in [-0.39, 0.29) is 5.56 Å². The van der Waals surface area contributed by atoms with Crippen molar-refractivity contribution in [1.29, 1.82) is 0 Å². The van der Waals surface area contributed by atoms with Crippen molar-refractivity contribution >= 4 is 5.97 Å². The first-order valence-corrected chi connectivity index (χ1v) is 6.10. The number of aromatic carboxylic acids is 1. The van der Waals surface area contributed by atoms with Crippen LogP contribution in [-0.4, -0.2) is 22.6 Å². The number of nitrogens with zero attached hydrogens (tertiary/aromatic N) is 1. The van der Waals surface area contributed by atoms with Crippen molar-refractivity contribution in [3.63, 3.8) is 0 Å². The second-order valence-corrected chi connectivity index (χ2v) is 4.24. The summed E-state index contributed by atoms with van der Waals surface area (Å²) in [6.45, 7) is 2.93. The van der Waals surface area contributed by atoms with Crippen LogP contribution in [0.5, 0.6) is 0 Å². The van der Waals surface area contributed by atoms with Crippen molar-refractivity contribution in [2.75, 3.05) is 6.54 Å². The molecule has 0 aliphatic heterocycles.